The van der Waals surface area contributed by atoms with Gasteiger partial charge in [0.15, 0.2) is 0 Å². The molecule has 1 heterocycles. The van der Waals surface area contributed by atoms with E-state index in [0.29, 0.717) is 5.92 Å². The Balaban J connectivity index is 2.28. The van der Waals surface area contributed by atoms with Crippen molar-refractivity contribution in [3.63, 3.8) is 0 Å². The van der Waals surface area contributed by atoms with Crippen LogP contribution in [0.15, 0.2) is 24.3 Å². The number of thiophene rings is 1. The summed E-state index contributed by atoms with van der Waals surface area (Å²) in [5.41, 5.74) is 2.88. The third-order valence-corrected chi connectivity index (χ3v) is 4.59. The fourth-order valence-electron chi connectivity index (χ4n) is 2.03. The van der Waals surface area contributed by atoms with Crippen molar-refractivity contribution in [2.75, 3.05) is 0 Å². The van der Waals surface area contributed by atoms with E-state index in [4.69, 9.17) is 5.84 Å². The van der Waals surface area contributed by atoms with Crippen LogP contribution >= 0.6 is 11.3 Å². The van der Waals surface area contributed by atoms with Crippen LogP contribution in [0.2, 0.25) is 0 Å². The van der Waals surface area contributed by atoms with Crippen LogP contribution in [0.4, 0.5) is 4.39 Å². The second-order valence-corrected chi connectivity index (χ2v) is 5.91. The molecule has 2 nitrogen and oxygen atoms in total. The average molecular weight is 266 g/mol. The van der Waals surface area contributed by atoms with Crippen molar-refractivity contribution in [2.45, 2.75) is 32.7 Å². The molecule has 0 radical (unpaired) electrons. The van der Waals surface area contributed by atoms with Crippen molar-refractivity contribution in [3.8, 4) is 0 Å². The maximum Gasteiger partial charge on any atom is 0.124 e. The Kier molecular flexibility index (Phi) is 4.32. The molecule has 98 valence electrons. The molecule has 0 fully saturated rings. The van der Waals surface area contributed by atoms with Crippen molar-refractivity contribution in [2.24, 2.45) is 11.8 Å². The van der Waals surface area contributed by atoms with Gasteiger partial charge in [0, 0.05) is 9.58 Å². The van der Waals surface area contributed by atoms with Crippen LogP contribution in [0.25, 0.3) is 10.1 Å². The quantitative estimate of drug-likeness (QED) is 0.634. The Labute approximate surface area is 111 Å². The molecule has 0 aliphatic rings. The molecule has 0 saturated heterocycles. The minimum Gasteiger partial charge on any atom is -0.271 e. The lowest BCUT2D eigenvalue weighted by Gasteiger charge is -2.17. The highest BCUT2D eigenvalue weighted by Crippen LogP contribution is 2.33. The number of hydrogen-bond donors (Lipinski definition) is 2. The molecule has 0 aliphatic heterocycles. The van der Waals surface area contributed by atoms with E-state index in [9.17, 15) is 4.39 Å². The zero-order valence-electron chi connectivity index (χ0n) is 10.7. The van der Waals surface area contributed by atoms with Crippen LogP contribution in [0, 0.1) is 11.7 Å². The normalized spacial score (nSPS) is 14.9. The van der Waals surface area contributed by atoms with Crippen molar-refractivity contribution in [1.29, 1.82) is 0 Å². The molecular weight excluding hydrogens is 247 g/mol. The number of nitrogens with two attached hydrogens (primary N) is 1. The number of rotatable bonds is 5. The second kappa shape index (κ2) is 5.78. The van der Waals surface area contributed by atoms with Gasteiger partial charge in [0.1, 0.15) is 5.82 Å². The molecule has 18 heavy (non-hydrogen) atoms. The van der Waals surface area contributed by atoms with Crippen LogP contribution in [-0.2, 0) is 0 Å². The van der Waals surface area contributed by atoms with Crippen molar-refractivity contribution >= 4 is 21.4 Å². The molecule has 0 spiro atoms. The number of halogens is 1. The molecule has 2 atom stereocenters. The summed E-state index contributed by atoms with van der Waals surface area (Å²) in [7, 11) is 0. The van der Waals surface area contributed by atoms with Crippen LogP contribution < -0.4 is 11.3 Å². The van der Waals surface area contributed by atoms with Gasteiger partial charge < -0.3 is 0 Å². The Morgan fingerprint density at radius 1 is 1.39 bits per heavy atom. The molecule has 4 heteroatoms. The minimum absolute atomic E-state index is 0.153. The van der Waals surface area contributed by atoms with Gasteiger partial charge in [-0.2, -0.15) is 0 Å². The number of fused-ring (bicyclic) bond motifs is 1. The van der Waals surface area contributed by atoms with E-state index in [1.165, 1.54) is 10.9 Å². The van der Waals surface area contributed by atoms with E-state index < -0.39 is 0 Å². The van der Waals surface area contributed by atoms with Gasteiger partial charge >= 0.3 is 0 Å². The molecule has 1 aromatic heterocycles. The molecule has 2 unspecified atom stereocenters. The van der Waals surface area contributed by atoms with Gasteiger partial charge in [0.25, 0.3) is 0 Å². The highest BCUT2D eigenvalue weighted by Gasteiger charge is 2.15. The monoisotopic (exact) mass is 266 g/mol. The Bertz CT molecular complexity index is 523. The first kappa shape index (κ1) is 13.5. The molecule has 0 bridgehead atoms. The maximum atomic E-state index is 13.2. The number of benzene rings is 1. The highest BCUT2D eigenvalue weighted by atomic mass is 32.1. The van der Waals surface area contributed by atoms with Crippen molar-refractivity contribution in [1.82, 2.24) is 5.43 Å². The maximum absolute atomic E-state index is 13.2. The van der Waals surface area contributed by atoms with E-state index in [2.05, 4.69) is 25.3 Å². The summed E-state index contributed by atoms with van der Waals surface area (Å²) in [6, 6.07) is 7.16. The van der Waals surface area contributed by atoms with E-state index in [1.54, 1.807) is 17.4 Å². The summed E-state index contributed by atoms with van der Waals surface area (Å²) in [6.07, 6.45) is 2.14. The third kappa shape index (κ3) is 2.88. The largest absolute Gasteiger partial charge is 0.271 e. The fourth-order valence-corrected chi connectivity index (χ4v) is 3.20. The molecule has 0 amide bonds. The van der Waals surface area contributed by atoms with Gasteiger partial charge in [0.2, 0.25) is 0 Å². The van der Waals surface area contributed by atoms with Gasteiger partial charge in [-0.3, -0.25) is 11.3 Å². The molecule has 0 saturated carbocycles. The van der Waals surface area contributed by atoms with Crippen LogP contribution in [0.5, 0.6) is 0 Å². The number of hydrogen-bond acceptors (Lipinski definition) is 3. The molecular formula is C14H19FN2S. The van der Waals surface area contributed by atoms with Gasteiger partial charge in [0.05, 0.1) is 6.04 Å². The summed E-state index contributed by atoms with van der Waals surface area (Å²) in [4.78, 5) is 1.18. The molecule has 3 N–H and O–H groups in total. The third-order valence-electron chi connectivity index (χ3n) is 3.38. The van der Waals surface area contributed by atoms with Gasteiger partial charge in [-0.05, 0) is 35.9 Å². The second-order valence-electron chi connectivity index (χ2n) is 4.80. The molecule has 2 aromatic rings. The summed E-state index contributed by atoms with van der Waals surface area (Å²) < 4.78 is 14.1. The fraction of sp³-hybridized carbons (Fsp3) is 0.429. The van der Waals surface area contributed by atoms with E-state index >= 15 is 0 Å². The molecule has 1 aromatic carbocycles. The summed E-state index contributed by atoms with van der Waals surface area (Å²) in [5.74, 6) is 6.08. The predicted molar refractivity (Wildman–Crippen MR) is 75.9 cm³/mol. The summed E-state index contributed by atoms with van der Waals surface area (Å²) in [6.45, 7) is 4.40. The predicted octanol–water partition coefficient (Wildman–Crippen LogP) is 3.98. The van der Waals surface area contributed by atoms with E-state index in [1.807, 2.05) is 6.07 Å². The first-order chi connectivity index (χ1) is 8.63. The summed E-state index contributed by atoms with van der Waals surface area (Å²) in [5, 5.41) is 1.08. The van der Waals surface area contributed by atoms with Gasteiger partial charge in [-0.15, -0.1) is 11.3 Å². The zero-order chi connectivity index (χ0) is 13.1. The smallest absolute Gasteiger partial charge is 0.124 e. The van der Waals surface area contributed by atoms with Crippen LogP contribution in [0.1, 0.15) is 37.6 Å². The molecule has 0 aliphatic carbocycles. The van der Waals surface area contributed by atoms with E-state index in [-0.39, 0.29) is 11.9 Å². The Morgan fingerprint density at radius 2 is 2.17 bits per heavy atom. The Morgan fingerprint density at radius 3 is 2.83 bits per heavy atom. The average Bonchev–Trinajstić information content (AvgIpc) is 2.78. The lowest BCUT2D eigenvalue weighted by atomic mass is 9.98. The first-order valence-electron chi connectivity index (χ1n) is 6.29. The van der Waals surface area contributed by atoms with Crippen LogP contribution in [0.3, 0.4) is 0 Å². The van der Waals surface area contributed by atoms with Crippen molar-refractivity contribution < 1.29 is 4.39 Å². The van der Waals surface area contributed by atoms with Crippen LogP contribution in [-0.4, -0.2) is 0 Å². The molecule has 2 rings (SSSR count). The standard InChI is InChI=1S/C14H19FN2S/c1-3-9(2)6-12(17-16)14-7-10-4-5-11(15)8-13(10)18-14/h4-5,7-9,12,17H,3,6,16H2,1-2H3. The summed E-state index contributed by atoms with van der Waals surface area (Å²) >= 11 is 1.61. The number of nitrogens with one attached hydrogen (secondary N) is 1. The zero-order valence-corrected chi connectivity index (χ0v) is 11.6. The lowest BCUT2D eigenvalue weighted by Crippen LogP contribution is -2.28. The Hall–Kier alpha value is -0.970. The number of hydrazine groups is 1. The lowest BCUT2D eigenvalue weighted by molar-refractivity contribution is 0.412. The van der Waals surface area contributed by atoms with Crippen molar-refractivity contribution in [3.05, 3.63) is 35.0 Å². The highest BCUT2D eigenvalue weighted by molar-refractivity contribution is 7.19. The minimum atomic E-state index is -0.185. The first-order valence-corrected chi connectivity index (χ1v) is 7.10. The van der Waals surface area contributed by atoms with E-state index in [0.717, 1.165) is 22.9 Å². The van der Waals surface area contributed by atoms with Gasteiger partial charge in [-0.25, -0.2) is 4.39 Å². The van der Waals surface area contributed by atoms with Gasteiger partial charge in [-0.1, -0.05) is 26.3 Å². The topological polar surface area (TPSA) is 38.0 Å². The SMILES string of the molecule is CCC(C)CC(NN)c1cc2ccc(F)cc2s1.